The lowest BCUT2D eigenvalue weighted by atomic mass is 9.99. The van der Waals surface area contributed by atoms with Gasteiger partial charge < -0.3 is 10.5 Å². The summed E-state index contributed by atoms with van der Waals surface area (Å²) >= 11 is 0. The summed E-state index contributed by atoms with van der Waals surface area (Å²) in [6, 6.07) is -2.84. The summed E-state index contributed by atoms with van der Waals surface area (Å²) in [7, 11) is 0. The number of halogens is 6. The van der Waals surface area contributed by atoms with Crippen LogP contribution < -0.4 is 5.73 Å². The summed E-state index contributed by atoms with van der Waals surface area (Å²) in [5, 5.41) is 0. The van der Waals surface area contributed by atoms with Crippen molar-refractivity contribution in [2.24, 2.45) is 11.7 Å². The molecular weight excluding hydrogens is 268 g/mol. The van der Waals surface area contributed by atoms with Gasteiger partial charge in [0.25, 0.3) is 0 Å². The summed E-state index contributed by atoms with van der Waals surface area (Å²) in [5.74, 6) is -5.69. The standard InChI is InChI=1S/C9H13F6NO2/c1-7(2,3)18-6(17)4(16)5(8(10,11)12)9(13,14)15/h4-5H,16H2,1-3H3/t4-/m0/s1. The molecule has 1 atom stereocenters. The Bertz CT molecular complexity index is 290. The van der Waals surface area contributed by atoms with Gasteiger partial charge in [0, 0.05) is 0 Å². The Hall–Kier alpha value is -0.990. The Morgan fingerprint density at radius 2 is 1.33 bits per heavy atom. The number of nitrogens with two attached hydrogens (primary N) is 1. The molecule has 0 rings (SSSR count). The van der Waals surface area contributed by atoms with E-state index >= 15 is 0 Å². The molecule has 0 aromatic heterocycles. The fourth-order valence-electron chi connectivity index (χ4n) is 1.10. The summed E-state index contributed by atoms with van der Waals surface area (Å²) in [6.07, 6.45) is -11.3. The van der Waals surface area contributed by atoms with E-state index in [-0.39, 0.29) is 0 Å². The lowest BCUT2D eigenvalue weighted by Crippen LogP contribution is -2.54. The predicted octanol–water partition coefficient (Wildman–Crippen LogP) is 2.40. The number of esters is 1. The van der Waals surface area contributed by atoms with Crippen LogP contribution in [0.25, 0.3) is 0 Å². The molecule has 2 N–H and O–H groups in total. The fourth-order valence-corrected chi connectivity index (χ4v) is 1.10. The van der Waals surface area contributed by atoms with Crippen LogP contribution in [0.4, 0.5) is 26.3 Å². The minimum absolute atomic E-state index is 1.23. The molecule has 0 amide bonds. The average Bonchev–Trinajstić information content (AvgIpc) is 1.93. The van der Waals surface area contributed by atoms with Crippen LogP contribution in [0.3, 0.4) is 0 Å². The molecule has 0 unspecified atom stereocenters. The molecule has 3 nitrogen and oxygen atoms in total. The third-order valence-electron chi connectivity index (χ3n) is 1.74. The van der Waals surface area contributed by atoms with Crippen LogP contribution in [0.1, 0.15) is 20.8 Å². The quantitative estimate of drug-likeness (QED) is 0.624. The van der Waals surface area contributed by atoms with Gasteiger partial charge in [-0.2, -0.15) is 26.3 Å². The maximum absolute atomic E-state index is 12.3. The number of rotatable bonds is 2. The lowest BCUT2D eigenvalue weighted by Gasteiger charge is -2.29. The van der Waals surface area contributed by atoms with Gasteiger partial charge in [0.05, 0.1) is 0 Å². The van der Waals surface area contributed by atoms with E-state index in [0.29, 0.717) is 0 Å². The summed E-state index contributed by atoms with van der Waals surface area (Å²) in [6.45, 7) is 3.90. The second kappa shape index (κ2) is 4.94. The Kier molecular flexibility index (Phi) is 4.67. The van der Waals surface area contributed by atoms with Gasteiger partial charge in [-0.15, -0.1) is 0 Å². The van der Waals surface area contributed by atoms with Gasteiger partial charge >= 0.3 is 18.3 Å². The molecule has 0 aromatic rings. The van der Waals surface area contributed by atoms with E-state index in [1.165, 1.54) is 20.8 Å². The van der Waals surface area contributed by atoms with Crippen molar-refractivity contribution in [3.8, 4) is 0 Å². The highest BCUT2D eigenvalue weighted by atomic mass is 19.4. The second-order valence-electron chi connectivity index (χ2n) is 4.62. The molecule has 9 heteroatoms. The molecule has 0 saturated carbocycles. The molecule has 0 aromatic carbocycles. The number of ether oxygens (including phenoxy) is 1. The molecule has 0 fully saturated rings. The highest BCUT2D eigenvalue weighted by Gasteiger charge is 2.61. The molecule has 0 aliphatic carbocycles. The van der Waals surface area contributed by atoms with Crippen molar-refractivity contribution in [2.45, 2.75) is 44.8 Å². The summed E-state index contributed by atoms with van der Waals surface area (Å²) in [5.41, 5.74) is 3.50. The molecular formula is C9H13F6NO2. The number of hydrogen-bond donors (Lipinski definition) is 1. The van der Waals surface area contributed by atoms with Crippen LogP contribution >= 0.6 is 0 Å². The second-order valence-corrected chi connectivity index (χ2v) is 4.62. The van der Waals surface area contributed by atoms with Crippen molar-refractivity contribution < 1.29 is 35.9 Å². The smallest absolute Gasteiger partial charge is 0.402 e. The topological polar surface area (TPSA) is 52.3 Å². The Balaban J connectivity index is 5.12. The Morgan fingerprint density at radius 3 is 1.56 bits per heavy atom. The predicted molar refractivity (Wildman–Crippen MR) is 49.4 cm³/mol. The molecule has 0 aliphatic rings. The first kappa shape index (κ1) is 17.0. The van der Waals surface area contributed by atoms with Crippen LogP contribution in [-0.2, 0) is 9.53 Å². The highest BCUT2D eigenvalue weighted by Crippen LogP contribution is 2.41. The molecule has 108 valence electrons. The van der Waals surface area contributed by atoms with Crippen molar-refractivity contribution in [2.75, 3.05) is 0 Å². The van der Waals surface area contributed by atoms with Crippen molar-refractivity contribution in [1.29, 1.82) is 0 Å². The lowest BCUT2D eigenvalue weighted by molar-refractivity contribution is -0.290. The molecule has 0 aliphatic heterocycles. The monoisotopic (exact) mass is 281 g/mol. The van der Waals surface area contributed by atoms with Gasteiger partial charge in [-0.1, -0.05) is 0 Å². The number of carbonyl (C=O) groups excluding carboxylic acids is 1. The first-order valence-electron chi connectivity index (χ1n) is 4.78. The van der Waals surface area contributed by atoms with Crippen molar-refractivity contribution >= 4 is 5.97 Å². The van der Waals surface area contributed by atoms with E-state index in [9.17, 15) is 31.1 Å². The van der Waals surface area contributed by atoms with Gasteiger partial charge in [0.2, 0.25) is 0 Å². The van der Waals surface area contributed by atoms with E-state index < -0.39 is 35.9 Å². The van der Waals surface area contributed by atoms with Crippen LogP contribution in [-0.4, -0.2) is 30.0 Å². The van der Waals surface area contributed by atoms with Crippen LogP contribution in [0, 0.1) is 5.92 Å². The molecule has 0 bridgehead atoms. The van der Waals surface area contributed by atoms with Crippen molar-refractivity contribution in [3.05, 3.63) is 0 Å². The molecule has 0 radical (unpaired) electrons. The van der Waals surface area contributed by atoms with Gasteiger partial charge in [-0.25, -0.2) is 0 Å². The summed E-state index contributed by atoms with van der Waals surface area (Å²) < 4.78 is 77.9. The number of carbonyl (C=O) groups is 1. The SMILES string of the molecule is CC(C)(C)OC(=O)[C@@H](N)C(C(F)(F)F)C(F)(F)F. The minimum Gasteiger partial charge on any atom is -0.459 e. The largest absolute Gasteiger partial charge is 0.459 e. The number of hydrogen-bond acceptors (Lipinski definition) is 3. The molecule has 0 spiro atoms. The Labute approximate surface area is 99.3 Å². The zero-order chi connectivity index (χ0) is 14.9. The van der Waals surface area contributed by atoms with Gasteiger partial charge in [0.1, 0.15) is 11.6 Å². The Morgan fingerprint density at radius 1 is 1.00 bits per heavy atom. The van der Waals surface area contributed by atoms with Gasteiger partial charge in [-0.3, -0.25) is 4.79 Å². The minimum atomic E-state index is -5.67. The van der Waals surface area contributed by atoms with E-state index in [2.05, 4.69) is 4.74 Å². The van der Waals surface area contributed by atoms with Gasteiger partial charge in [0.15, 0.2) is 5.92 Å². The maximum Gasteiger partial charge on any atom is 0.402 e. The van der Waals surface area contributed by atoms with Crippen molar-refractivity contribution in [3.63, 3.8) is 0 Å². The van der Waals surface area contributed by atoms with Crippen LogP contribution in [0.2, 0.25) is 0 Å². The first-order chi connectivity index (χ1) is 7.66. The average molecular weight is 281 g/mol. The van der Waals surface area contributed by atoms with Crippen LogP contribution in [0.15, 0.2) is 0 Å². The zero-order valence-corrected chi connectivity index (χ0v) is 9.82. The van der Waals surface area contributed by atoms with E-state index in [0.717, 1.165) is 0 Å². The third-order valence-corrected chi connectivity index (χ3v) is 1.74. The maximum atomic E-state index is 12.3. The normalized spacial score (nSPS) is 15.7. The number of alkyl halides is 6. The van der Waals surface area contributed by atoms with E-state index in [4.69, 9.17) is 5.73 Å². The fraction of sp³-hybridized carbons (Fsp3) is 0.889. The van der Waals surface area contributed by atoms with Crippen molar-refractivity contribution in [1.82, 2.24) is 0 Å². The van der Waals surface area contributed by atoms with E-state index in [1.807, 2.05) is 0 Å². The summed E-state index contributed by atoms with van der Waals surface area (Å²) in [4.78, 5) is 11.1. The molecule has 0 saturated heterocycles. The first-order valence-corrected chi connectivity index (χ1v) is 4.78. The zero-order valence-electron chi connectivity index (χ0n) is 9.82. The van der Waals surface area contributed by atoms with Crippen LogP contribution in [0.5, 0.6) is 0 Å². The van der Waals surface area contributed by atoms with Gasteiger partial charge in [-0.05, 0) is 20.8 Å². The molecule has 18 heavy (non-hydrogen) atoms. The van der Waals surface area contributed by atoms with E-state index in [1.54, 1.807) is 0 Å². The highest BCUT2D eigenvalue weighted by molar-refractivity contribution is 5.76. The third kappa shape index (κ3) is 5.11. The molecule has 0 heterocycles.